The maximum absolute atomic E-state index is 11.8. The molecule has 0 atom stereocenters. The van der Waals surface area contributed by atoms with E-state index in [1.54, 1.807) is 0 Å². The highest BCUT2D eigenvalue weighted by Crippen LogP contribution is 2.35. The largest absolute Gasteiger partial charge is 0.358 e. The number of alkyl halides is 6. The van der Waals surface area contributed by atoms with Gasteiger partial charge in [0.05, 0.1) is 0 Å². The maximum Gasteiger partial charge on any atom is 0.358 e. The Morgan fingerprint density at radius 3 is 1.55 bits per heavy atom. The van der Waals surface area contributed by atoms with Crippen molar-refractivity contribution in [2.24, 2.45) is 0 Å². The number of hydrogen-bond donors (Lipinski definition) is 0. The minimum absolute atomic E-state index is 0.330. The van der Waals surface area contributed by atoms with Crippen molar-refractivity contribution < 1.29 is 17.6 Å². The average Bonchev–Trinajstić information content (AvgIpc) is 1.56. The van der Waals surface area contributed by atoms with Gasteiger partial charge in [0.25, 0.3) is 0 Å². The molecule has 0 amide bonds. The smallest absolute Gasteiger partial charge is 0.184 e. The molecule has 0 saturated heterocycles. The van der Waals surface area contributed by atoms with Crippen LogP contribution in [0, 0.1) is 0 Å². The Morgan fingerprint density at radius 1 is 1.09 bits per heavy atom. The van der Waals surface area contributed by atoms with Crippen LogP contribution in [0.2, 0.25) is 0 Å². The van der Waals surface area contributed by atoms with E-state index in [9.17, 15) is 17.6 Å². The van der Waals surface area contributed by atoms with Crippen LogP contribution in [-0.4, -0.2) is 10.8 Å². The van der Waals surface area contributed by atoms with Crippen LogP contribution in [0.4, 0.5) is 17.6 Å². The van der Waals surface area contributed by atoms with Crippen LogP contribution in [0.25, 0.3) is 0 Å². The summed E-state index contributed by atoms with van der Waals surface area (Å²) in [5, 5.41) is -9.41. The fraction of sp³-hybridized carbons (Fsp3) is 0.500. The average molecular weight is 231 g/mol. The van der Waals surface area contributed by atoms with Crippen LogP contribution in [0.5, 0.6) is 0 Å². The highest BCUT2D eigenvalue weighted by Gasteiger charge is 2.34. The van der Waals surface area contributed by atoms with Crippen molar-refractivity contribution >= 4 is 34.8 Å². The SMILES string of the molecule is FC(F)(Cl)/C=C(/Cl)C(F)(F)Cl. The van der Waals surface area contributed by atoms with Crippen molar-refractivity contribution in [2.75, 3.05) is 0 Å². The molecule has 0 aromatic heterocycles. The van der Waals surface area contributed by atoms with E-state index in [-0.39, 0.29) is 6.08 Å². The molecule has 0 heterocycles. The van der Waals surface area contributed by atoms with Crippen molar-refractivity contribution in [2.45, 2.75) is 10.8 Å². The molecule has 0 spiro atoms. The summed E-state index contributed by atoms with van der Waals surface area (Å²) < 4.78 is 47.1. The zero-order valence-corrected chi connectivity index (χ0v) is 6.99. The standard InChI is InChI=1S/C4HCl3F4/c5-2(4(7,10)11)1-3(6,8)9/h1H/b2-1+. The molecule has 0 nitrogen and oxygen atoms in total. The summed E-state index contributed by atoms with van der Waals surface area (Å²) in [6.07, 6.45) is -0.330. The molecule has 0 aliphatic heterocycles. The van der Waals surface area contributed by atoms with Crippen LogP contribution in [0.3, 0.4) is 0 Å². The lowest BCUT2D eigenvalue weighted by molar-refractivity contribution is 0.129. The molecule has 0 aliphatic carbocycles. The van der Waals surface area contributed by atoms with Gasteiger partial charge >= 0.3 is 10.8 Å². The first-order valence-corrected chi connectivity index (χ1v) is 3.28. The predicted molar refractivity (Wildman–Crippen MR) is 35.5 cm³/mol. The Morgan fingerprint density at radius 2 is 1.45 bits per heavy atom. The zero-order valence-electron chi connectivity index (χ0n) is 4.72. The molecular formula is C4HCl3F4. The molecule has 0 N–H and O–H groups in total. The monoisotopic (exact) mass is 230 g/mol. The Labute approximate surface area is 74.7 Å². The minimum Gasteiger partial charge on any atom is -0.184 e. The van der Waals surface area contributed by atoms with E-state index in [1.807, 2.05) is 0 Å². The summed E-state index contributed by atoms with van der Waals surface area (Å²) in [4.78, 5) is 0. The first-order chi connectivity index (χ1) is 4.63. The first-order valence-electron chi connectivity index (χ1n) is 2.15. The molecule has 0 saturated carbocycles. The van der Waals surface area contributed by atoms with Gasteiger partial charge < -0.3 is 0 Å². The van der Waals surface area contributed by atoms with E-state index in [2.05, 4.69) is 34.8 Å². The first kappa shape index (κ1) is 11.3. The van der Waals surface area contributed by atoms with E-state index in [4.69, 9.17) is 0 Å². The van der Waals surface area contributed by atoms with Gasteiger partial charge in [-0.3, -0.25) is 0 Å². The molecule has 0 rings (SSSR count). The molecule has 0 radical (unpaired) electrons. The molecule has 0 fully saturated rings. The molecule has 7 heteroatoms. The van der Waals surface area contributed by atoms with Crippen molar-refractivity contribution in [3.63, 3.8) is 0 Å². The third kappa shape index (κ3) is 5.58. The van der Waals surface area contributed by atoms with E-state index < -0.39 is 15.8 Å². The Balaban J connectivity index is 4.49. The highest BCUT2D eigenvalue weighted by molar-refractivity contribution is 6.38. The summed E-state index contributed by atoms with van der Waals surface area (Å²) >= 11 is 13.2. The van der Waals surface area contributed by atoms with Crippen LogP contribution in [0.1, 0.15) is 0 Å². The van der Waals surface area contributed by atoms with E-state index >= 15 is 0 Å². The zero-order chi connectivity index (χ0) is 9.28. The predicted octanol–water partition coefficient (Wildman–Crippen LogP) is 3.77. The summed E-state index contributed by atoms with van der Waals surface area (Å²) in [6, 6.07) is 0. The van der Waals surface area contributed by atoms with Crippen LogP contribution in [0.15, 0.2) is 11.1 Å². The molecule has 66 valence electrons. The summed E-state index contributed by atoms with van der Waals surface area (Å²) in [5.41, 5.74) is 0. The van der Waals surface area contributed by atoms with Gasteiger partial charge in [-0.25, -0.2) is 0 Å². The Kier molecular flexibility index (Phi) is 3.47. The molecule has 0 unspecified atom stereocenters. The second-order valence-corrected chi connectivity index (χ2v) is 2.92. The minimum atomic E-state index is -4.00. The van der Waals surface area contributed by atoms with Crippen LogP contribution < -0.4 is 0 Å². The van der Waals surface area contributed by atoms with Crippen molar-refractivity contribution in [3.05, 3.63) is 11.1 Å². The topological polar surface area (TPSA) is 0 Å². The normalized spacial score (nSPS) is 15.4. The van der Waals surface area contributed by atoms with Crippen LogP contribution >= 0.6 is 34.8 Å². The van der Waals surface area contributed by atoms with Gasteiger partial charge in [0.2, 0.25) is 0 Å². The number of halogens is 7. The summed E-state index contributed by atoms with van der Waals surface area (Å²) in [7, 11) is 0. The van der Waals surface area contributed by atoms with Gasteiger partial charge in [0.1, 0.15) is 5.03 Å². The highest BCUT2D eigenvalue weighted by atomic mass is 35.5. The van der Waals surface area contributed by atoms with Gasteiger partial charge in [-0.1, -0.05) is 11.6 Å². The van der Waals surface area contributed by atoms with Crippen molar-refractivity contribution in [3.8, 4) is 0 Å². The summed E-state index contributed by atoms with van der Waals surface area (Å²) in [5.74, 6) is 0. The molecule has 0 bridgehead atoms. The van der Waals surface area contributed by atoms with Gasteiger partial charge in [0.15, 0.2) is 0 Å². The number of hydrogen-bond acceptors (Lipinski definition) is 0. The fourth-order valence-corrected chi connectivity index (χ4v) is 0.582. The second kappa shape index (κ2) is 3.37. The Hall–Kier alpha value is 0.330. The third-order valence-corrected chi connectivity index (χ3v) is 1.32. The lowest BCUT2D eigenvalue weighted by Crippen LogP contribution is -2.10. The third-order valence-electron chi connectivity index (χ3n) is 0.561. The molecule has 0 aromatic rings. The number of rotatable bonds is 2. The molecule has 0 aromatic carbocycles. The van der Waals surface area contributed by atoms with E-state index in [0.717, 1.165) is 0 Å². The quantitative estimate of drug-likeness (QED) is 0.501. The lowest BCUT2D eigenvalue weighted by Gasteiger charge is -2.07. The Bertz CT molecular complexity index is 165. The van der Waals surface area contributed by atoms with Crippen molar-refractivity contribution in [1.29, 1.82) is 0 Å². The molecular weight excluding hydrogens is 230 g/mol. The second-order valence-electron chi connectivity index (χ2n) is 1.53. The van der Waals surface area contributed by atoms with Gasteiger partial charge in [-0.15, -0.1) is 0 Å². The maximum atomic E-state index is 11.8. The summed E-state index contributed by atoms with van der Waals surface area (Å²) in [6.45, 7) is 0. The lowest BCUT2D eigenvalue weighted by atomic mass is 10.5. The van der Waals surface area contributed by atoms with E-state index in [1.165, 1.54) is 0 Å². The van der Waals surface area contributed by atoms with Gasteiger partial charge in [-0.2, -0.15) is 17.6 Å². The number of allylic oxidation sites excluding steroid dienone is 2. The van der Waals surface area contributed by atoms with Gasteiger partial charge in [0, 0.05) is 6.08 Å². The van der Waals surface area contributed by atoms with E-state index in [0.29, 0.717) is 0 Å². The van der Waals surface area contributed by atoms with Crippen LogP contribution in [-0.2, 0) is 0 Å². The van der Waals surface area contributed by atoms with Crippen molar-refractivity contribution in [1.82, 2.24) is 0 Å². The molecule has 11 heavy (non-hydrogen) atoms. The van der Waals surface area contributed by atoms with Gasteiger partial charge in [-0.05, 0) is 23.2 Å². The fourth-order valence-electron chi connectivity index (χ4n) is 0.226. The molecule has 0 aliphatic rings.